The highest BCUT2D eigenvalue weighted by Crippen LogP contribution is 2.26. The lowest BCUT2D eigenvalue weighted by molar-refractivity contribution is -0.152. The summed E-state index contributed by atoms with van der Waals surface area (Å²) in [5.41, 5.74) is 2.81. The predicted molar refractivity (Wildman–Crippen MR) is 67.3 cm³/mol. The molecule has 0 N–H and O–H groups in total. The van der Waals surface area contributed by atoms with Crippen molar-refractivity contribution in [1.29, 1.82) is 0 Å². The molecule has 0 aromatic heterocycles. The summed E-state index contributed by atoms with van der Waals surface area (Å²) >= 11 is 0. The van der Waals surface area contributed by atoms with E-state index in [1.54, 1.807) is 19.1 Å². The van der Waals surface area contributed by atoms with E-state index < -0.39 is 6.29 Å². The summed E-state index contributed by atoms with van der Waals surface area (Å²) in [6, 6.07) is 7.47. The Labute approximate surface area is 110 Å². The van der Waals surface area contributed by atoms with Gasteiger partial charge < -0.3 is 9.47 Å². The Morgan fingerprint density at radius 2 is 2.11 bits per heavy atom. The van der Waals surface area contributed by atoms with Crippen molar-refractivity contribution in [2.75, 3.05) is 0 Å². The van der Waals surface area contributed by atoms with Crippen LogP contribution in [0.4, 0.5) is 0 Å². The molecule has 4 heteroatoms. The quantitative estimate of drug-likeness (QED) is 0.462. The van der Waals surface area contributed by atoms with Crippen LogP contribution in [0.25, 0.3) is 0 Å². The van der Waals surface area contributed by atoms with Gasteiger partial charge in [-0.15, -0.1) is 0 Å². The largest absolute Gasteiger partial charge is 0.458 e. The van der Waals surface area contributed by atoms with Crippen molar-refractivity contribution in [1.82, 2.24) is 0 Å². The highest BCUT2D eigenvalue weighted by atomic mass is 16.7. The standard InChI is InChI=1S/C15H12O4/c1-9-6-13(19-15(9)17)18-8-11-7-10-4-2-3-5-12(10)14(11)16/h2-6,8,13H,7H2,1H3/b11-8+/t13-/m1/s1. The van der Waals surface area contributed by atoms with Crippen molar-refractivity contribution in [3.8, 4) is 0 Å². The van der Waals surface area contributed by atoms with Crippen LogP contribution in [-0.2, 0) is 20.7 Å². The minimum absolute atomic E-state index is 0.0272. The molecule has 1 aliphatic carbocycles. The topological polar surface area (TPSA) is 52.6 Å². The van der Waals surface area contributed by atoms with Gasteiger partial charge in [0.25, 0.3) is 6.29 Å². The Hall–Kier alpha value is -2.36. The Bertz CT molecular complexity index is 625. The molecule has 2 aliphatic rings. The molecule has 1 atom stereocenters. The zero-order chi connectivity index (χ0) is 13.4. The van der Waals surface area contributed by atoms with Crippen LogP contribution in [0.2, 0.25) is 0 Å². The van der Waals surface area contributed by atoms with Gasteiger partial charge in [0.2, 0.25) is 0 Å². The van der Waals surface area contributed by atoms with Crippen LogP contribution in [0.15, 0.2) is 47.7 Å². The minimum Gasteiger partial charge on any atom is -0.458 e. The molecule has 1 heterocycles. The number of ketones is 1. The summed E-state index contributed by atoms with van der Waals surface area (Å²) in [6.45, 7) is 1.66. The average molecular weight is 256 g/mol. The SMILES string of the molecule is CC1=C[C@H](O/C=C2\Cc3ccccc3C2=O)OC1=O. The number of carbonyl (C=O) groups is 2. The molecule has 0 saturated heterocycles. The molecular formula is C15H12O4. The van der Waals surface area contributed by atoms with Crippen molar-refractivity contribution in [3.05, 3.63) is 58.9 Å². The molecule has 0 radical (unpaired) electrons. The van der Waals surface area contributed by atoms with Crippen molar-refractivity contribution in [2.45, 2.75) is 19.6 Å². The van der Waals surface area contributed by atoms with Gasteiger partial charge in [-0.1, -0.05) is 24.3 Å². The number of carbonyl (C=O) groups excluding carboxylic acids is 2. The fourth-order valence-electron chi connectivity index (χ4n) is 2.17. The van der Waals surface area contributed by atoms with Crippen LogP contribution in [-0.4, -0.2) is 18.0 Å². The van der Waals surface area contributed by atoms with Gasteiger partial charge in [0, 0.05) is 29.2 Å². The fraction of sp³-hybridized carbons (Fsp3) is 0.200. The number of cyclic esters (lactones) is 1. The van der Waals surface area contributed by atoms with Crippen LogP contribution in [0.5, 0.6) is 0 Å². The van der Waals surface area contributed by atoms with Gasteiger partial charge in [-0.3, -0.25) is 4.79 Å². The molecule has 0 amide bonds. The number of allylic oxidation sites excluding steroid dienone is 1. The van der Waals surface area contributed by atoms with E-state index in [0.29, 0.717) is 23.1 Å². The maximum absolute atomic E-state index is 12.1. The summed E-state index contributed by atoms with van der Waals surface area (Å²) in [7, 11) is 0. The molecule has 0 fully saturated rings. The highest BCUT2D eigenvalue weighted by molar-refractivity contribution is 6.12. The first-order chi connectivity index (χ1) is 9.15. The third kappa shape index (κ3) is 2.05. The molecule has 4 nitrogen and oxygen atoms in total. The molecule has 1 aliphatic heterocycles. The van der Waals surface area contributed by atoms with E-state index >= 15 is 0 Å². The molecule has 96 valence electrons. The Morgan fingerprint density at radius 1 is 1.32 bits per heavy atom. The summed E-state index contributed by atoms with van der Waals surface area (Å²) < 4.78 is 10.3. The van der Waals surface area contributed by atoms with E-state index in [9.17, 15) is 9.59 Å². The average Bonchev–Trinajstić information content (AvgIpc) is 2.89. The van der Waals surface area contributed by atoms with Gasteiger partial charge >= 0.3 is 5.97 Å². The zero-order valence-electron chi connectivity index (χ0n) is 10.4. The number of fused-ring (bicyclic) bond motifs is 1. The van der Waals surface area contributed by atoms with Crippen LogP contribution in [0.1, 0.15) is 22.8 Å². The number of hydrogen-bond donors (Lipinski definition) is 0. The van der Waals surface area contributed by atoms with Gasteiger partial charge in [0.05, 0.1) is 6.26 Å². The second-order valence-electron chi connectivity index (χ2n) is 4.57. The van der Waals surface area contributed by atoms with E-state index in [4.69, 9.17) is 9.47 Å². The lowest BCUT2D eigenvalue weighted by Crippen LogP contribution is -2.10. The first-order valence-electron chi connectivity index (χ1n) is 6.01. The number of esters is 1. The zero-order valence-corrected chi connectivity index (χ0v) is 10.4. The number of Topliss-reactive ketones (excluding diaryl/α,β-unsaturated/α-hetero) is 1. The smallest absolute Gasteiger partial charge is 0.336 e. The van der Waals surface area contributed by atoms with Gasteiger partial charge in [-0.05, 0) is 12.5 Å². The minimum atomic E-state index is -0.725. The fourth-order valence-corrected chi connectivity index (χ4v) is 2.17. The van der Waals surface area contributed by atoms with Crippen molar-refractivity contribution in [3.63, 3.8) is 0 Å². The van der Waals surface area contributed by atoms with Gasteiger partial charge in [-0.2, -0.15) is 0 Å². The van der Waals surface area contributed by atoms with Crippen molar-refractivity contribution >= 4 is 11.8 Å². The molecule has 1 aromatic carbocycles. The molecular weight excluding hydrogens is 244 g/mol. The number of ether oxygens (including phenoxy) is 2. The van der Waals surface area contributed by atoms with E-state index in [-0.39, 0.29) is 11.8 Å². The van der Waals surface area contributed by atoms with Gasteiger partial charge in [0.15, 0.2) is 5.78 Å². The van der Waals surface area contributed by atoms with Crippen LogP contribution in [0, 0.1) is 0 Å². The molecule has 0 saturated carbocycles. The number of benzene rings is 1. The van der Waals surface area contributed by atoms with Gasteiger partial charge in [0.1, 0.15) is 0 Å². The molecule has 1 aromatic rings. The van der Waals surface area contributed by atoms with Crippen LogP contribution >= 0.6 is 0 Å². The third-order valence-corrected chi connectivity index (χ3v) is 3.21. The van der Waals surface area contributed by atoms with Crippen LogP contribution in [0.3, 0.4) is 0 Å². The van der Waals surface area contributed by atoms with E-state index in [0.717, 1.165) is 5.56 Å². The number of hydrogen-bond acceptors (Lipinski definition) is 4. The second kappa shape index (κ2) is 4.39. The summed E-state index contributed by atoms with van der Waals surface area (Å²) in [6.07, 6.45) is 2.82. The first kappa shape index (κ1) is 11.7. The molecule has 19 heavy (non-hydrogen) atoms. The van der Waals surface area contributed by atoms with E-state index in [1.165, 1.54) is 6.26 Å². The Morgan fingerprint density at radius 3 is 2.79 bits per heavy atom. The van der Waals surface area contributed by atoms with Crippen molar-refractivity contribution in [2.24, 2.45) is 0 Å². The lowest BCUT2D eigenvalue weighted by atomic mass is 10.1. The first-order valence-corrected chi connectivity index (χ1v) is 6.01. The predicted octanol–water partition coefficient (Wildman–Crippen LogP) is 2.16. The van der Waals surface area contributed by atoms with E-state index in [1.807, 2.05) is 18.2 Å². The Balaban J connectivity index is 1.74. The maximum atomic E-state index is 12.1. The summed E-state index contributed by atoms with van der Waals surface area (Å²) in [5.74, 6) is -0.412. The molecule has 0 bridgehead atoms. The normalized spacial score (nSPS) is 23.3. The molecule has 0 unspecified atom stereocenters. The highest BCUT2D eigenvalue weighted by Gasteiger charge is 2.26. The van der Waals surface area contributed by atoms with Crippen LogP contribution < -0.4 is 0 Å². The second-order valence-corrected chi connectivity index (χ2v) is 4.57. The molecule has 0 spiro atoms. The van der Waals surface area contributed by atoms with Gasteiger partial charge in [-0.25, -0.2) is 4.79 Å². The van der Waals surface area contributed by atoms with Crippen molar-refractivity contribution < 1.29 is 19.1 Å². The summed E-state index contributed by atoms with van der Waals surface area (Å²) in [5, 5.41) is 0. The molecule has 3 rings (SSSR count). The number of rotatable bonds is 2. The lowest BCUT2D eigenvalue weighted by Gasteiger charge is -2.07. The monoisotopic (exact) mass is 256 g/mol. The Kier molecular flexibility index (Phi) is 2.71. The summed E-state index contributed by atoms with van der Waals surface area (Å²) in [4.78, 5) is 23.2. The third-order valence-electron chi connectivity index (χ3n) is 3.21. The maximum Gasteiger partial charge on any atom is 0.336 e. The van der Waals surface area contributed by atoms with E-state index in [2.05, 4.69) is 0 Å².